The van der Waals surface area contributed by atoms with Crippen LogP contribution >= 0.6 is 0 Å². The summed E-state index contributed by atoms with van der Waals surface area (Å²) >= 11 is 0. The minimum absolute atomic E-state index is 0.384. The summed E-state index contributed by atoms with van der Waals surface area (Å²) in [6.07, 6.45) is 2.37. The van der Waals surface area contributed by atoms with Crippen LogP contribution in [0.15, 0.2) is 66.9 Å². The van der Waals surface area contributed by atoms with E-state index in [2.05, 4.69) is 9.72 Å². The Labute approximate surface area is 129 Å². The van der Waals surface area contributed by atoms with E-state index in [1.54, 1.807) is 0 Å². The molecule has 114 valence electrons. The highest BCUT2D eigenvalue weighted by atomic mass is 16.5. The molecule has 1 heterocycles. The van der Waals surface area contributed by atoms with Crippen LogP contribution < -0.4 is 5.73 Å². The number of benzene rings is 2. The number of ether oxygens (including phenoxy) is 1. The number of rotatable bonds is 3. The van der Waals surface area contributed by atoms with Gasteiger partial charge >= 0.3 is 5.97 Å². The van der Waals surface area contributed by atoms with Crippen LogP contribution in [-0.4, -0.2) is 24.1 Å². The van der Waals surface area contributed by atoms with Crippen molar-refractivity contribution in [3.63, 3.8) is 0 Å². The first kappa shape index (κ1) is 15.8. The molecule has 22 heavy (non-hydrogen) atoms. The molecule has 0 radical (unpaired) electrons. The summed E-state index contributed by atoms with van der Waals surface area (Å²) in [7, 11) is 1.34. The Hall–Kier alpha value is -2.59. The van der Waals surface area contributed by atoms with Gasteiger partial charge in [0.05, 0.1) is 7.11 Å². The summed E-state index contributed by atoms with van der Waals surface area (Å²) < 4.78 is 4.60. The number of esters is 1. The highest BCUT2D eigenvalue weighted by Crippen LogP contribution is 2.18. The second kappa shape index (κ2) is 8.00. The maximum absolute atomic E-state index is 11.2. The SMILES string of the molecule is COC(=O)C(N)Cc1c[nH]c2ccccc12.c1ccccc1. The van der Waals surface area contributed by atoms with E-state index in [0.29, 0.717) is 6.42 Å². The molecule has 1 atom stereocenters. The van der Waals surface area contributed by atoms with Crippen molar-refractivity contribution in [2.24, 2.45) is 5.73 Å². The smallest absolute Gasteiger partial charge is 0.322 e. The average Bonchev–Trinajstić information content (AvgIpc) is 2.99. The van der Waals surface area contributed by atoms with Crippen molar-refractivity contribution in [1.29, 1.82) is 0 Å². The van der Waals surface area contributed by atoms with E-state index in [4.69, 9.17) is 5.73 Å². The zero-order chi connectivity index (χ0) is 15.8. The van der Waals surface area contributed by atoms with E-state index in [9.17, 15) is 4.79 Å². The molecule has 0 saturated heterocycles. The van der Waals surface area contributed by atoms with Gasteiger partial charge in [-0.2, -0.15) is 0 Å². The predicted octanol–water partition coefficient (Wildman–Crippen LogP) is 2.90. The molecule has 1 aromatic heterocycles. The van der Waals surface area contributed by atoms with Gasteiger partial charge in [-0.25, -0.2) is 0 Å². The fourth-order valence-electron chi connectivity index (χ4n) is 2.16. The third-order valence-electron chi connectivity index (χ3n) is 3.29. The number of carbonyl (C=O) groups is 1. The molecule has 3 rings (SSSR count). The summed E-state index contributed by atoms with van der Waals surface area (Å²) in [5.74, 6) is -0.384. The molecule has 0 saturated carbocycles. The number of aromatic amines is 1. The fourth-order valence-corrected chi connectivity index (χ4v) is 2.16. The van der Waals surface area contributed by atoms with Crippen LogP contribution in [0.25, 0.3) is 10.9 Å². The predicted molar refractivity (Wildman–Crippen MR) is 88.4 cm³/mol. The van der Waals surface area contributed by atoms with Gasteiger partial charge in [0, 0.05) is 23.5 Å². The Bertz CT molecular complexity index is 680. The van der Waals surface area contributed by atoms with Crippen LogP contribution in [0.5, 0.6) is 0 Å². The number of carbonyl (C=O) groups excluding carboxylic acids is 1. The Morgan fingerprint density at radius 2 is 1.68 bits per heavy atom. The number of fused-ring (bicyclic) bond motifs is 1. The lowest BCUT2D eigenvalue weighted by molar-refractivity contribution is -0.142. The lowest BCUT2D eigenvalue weighted by Crippen LogP contribution is -2.33. The van der Waals surface area contributed by atoms with Gasteiger partial charge in [-0.05, 0) is 11.6 Å². The molecule has 3 aromatic rings. The summed E-state index contributed by atoms with van der Waals surface area (Å²) in [5.41, 5.74) is 7.81. The lowest BCUT2D eigenvalue weighted by Gasteiger charge is -2.07. The maximum Gasteiger partial charge on any atom is 0.322 e. The van der Waals surface area contributed by atoms with Gasteiger partial charge in [-0.1, -0.05) is 54.6 Å². The third-order valence-corrected chi connectivity index (χ3v) is 3.29. The summed E-state index contributed by atoms with van der Waals surface area (Å²) in [6.45, 7) is 0. The Balaban J connectivity index is 0.000000246. The molecule has 2 aromatic carbocycles. The van der Waals surface area contributed by atoms with Crippen molar-refractivity contribution in [2.45, 2.75) is 12.5 Å². The van der Waals surface area contributed by atoms with Gasteiger partial charge in [0.1, 0.15) is 6.04 Å². The van der Waals surface area contributed by atoms with Gasteiger partial charge in [0.2, 0.25) is 0 Å². The largest absolute Gasteiger partial charge is 0.468 e. The van der Waals surface area contributed by atoms with Crippen LogP contribution in [0.3, 0.4) is 0 Å². The van der Waals surface area contributed by atoms with Crippen LogP contribution in [0.4, 0.5) is 0 Å². The molecule has 0 fully saturated rings. The topological polar surface area (TPSA) is 68.1 Å². The fraction of sp³-hybridized carbons (Fsp3) is 0.167. The van der Waals surface area contributed by atoms with Crippen LogP contribution in [0, 0.1) is 0 Å². The van der Waals surface area contributed by atoms with Gasteiger partial charge < -0.3 is 15.5 Å². The quantitative estimate of drug-likeness (QED) is 0.730. The van der Waals surface area contributed by atoms with Gasteiger partial charge in [-0.3, -0.25) is 4.79 Å². The molecular formula is C18H20N2O2. The number of methoxy groups -OCH3 is 1. The lowest BCUT2D eigenvalue weighted by atomic mass is 10.1. The second-order valence-electron chi connectivity index (χ2n) is 4.85. The molecule has 0 aliphatic carbocycles. The number of nitrogens with two attached hydrogens (primary N) is 1. The first-order chi connectivity index (χ1) is 10.7. The first-order valence-electron chi connectivity index (χ1n) is 7.11. The van der Waals surface area contributed by atoms with E-state index in [-0.39, 0.29) is 5.97 Å². The second-order valence-corrected chi connectivity index (χ2v) is 4.85. The molecule has 0 amide bonds. The van der Waals surface area contributed by atoms with E-state index >= 15 is 0 Å². The van der Waals surface area contributed by atoms with Crippen molar-refractivity contribution in [2.75, 3.05) is 7.11 Å². The summed E-state index contributed by atoms with van der Waals surface area (Å²) in [6, 6.07) is 19.3. The standard InChI is InChI=1S/C12H14N2O2.C6H6/c1-16-12(15)10(13)6-8-7-14-11-5-3-2-4-9(8)11;1-2-4-6-5-3-1/h2-5,7,10,14H,6,13H2,1H3;1-6H. The molecule has 0 bridgehead atoms. The molecule has 0 aliphatic heterocycles. The first-order valence-corrected chi connectivity index (χ1v) is 7.11. The van der Waals surface area contributed by atoms with Gasteiger partial charge in [0.15, 0.2) is 0 Å². The van der Waals surface area contributed by atoms with E-state index in [1.807, 2.05) is 66.9 Å². The summed E-state index contributed by atoms with van der Waals surface area (Å²) in [5, 5.41) is 1.10. The molecule has 4 heteroatoms. The molecule has 1 unspecified atom stereocenters. The number of H-pyrrole nitrogens is 1. The zero-order valence-corrected chi connectivity index (χ0v) is 12.5. The number of nitrogens with one attached hydrogen (secondary N) is 1. The van der Waals surface area contributed by atoms with Crippen LogP contribution in [-0.2, 0) is 16.0 Å². The monoisotopic (exact) mass is 296 g/mol. The van der Waals surface area contributed by atoms with Gasteiger partial charge in [-0.15, -0.1) is 0 Å². The zero-order valence-electron chi connectivity index (χ0n) is 12.5. The Kier molecular flexibility index (Phi) is 5.74. The minimum Gasteiger partial charge on any atom is -0.468 e. The Morgan fingerprint density at radius 1 is 1.09 bits per heavy atom. The van der Waals surface area contributed by atoms with Crippen molar-refractivity contribution < 1.29 is 9.53 Å². The molecular weight excluding hydrogens is 276 g/mol. The number of hydrogen-bond donors (Lipinski definition) is 2. The number of hydrogen-bond acceptors (Lipinski definition) is 3. The minimum atomic E-state index is -0.607. The van der Waals surface area contributed by atoms with Crippen LogP contribution in [0.1, 0.15) is 5.56 Å². The van der Waals surface area contributed by atoms with E-state index in [0.717, 1.165) is 16.5 Å². The Morgan fingerprint density at radius 3 is 2.27 bits per heavy atom. The van der Waals surface area contributed by atoms with Crippen LogP contribution in [0.2, 0.25) is 0 Å². The van der Waals surface area contributed by atoms with E-state index in [1.165, 1.54) is 7.11 Å². The number of para-hydroxylation sites is 1. The van der Waals surface area contributed by atoms with Crippen molar-refractivity contribution in [1.82, 2.24) is 4.98 Å². The molecule has 0 aliphatic rings. The van der Waals surface area contributed by atoms with Crippen molar-refractivity contribution in [3.8, 4) is 0 Å². The maximum atomic E-state index is 11.2. The van der Waals surface area contributed by atoms with E-state index < -0.39 is 6.04 Å². The van der Waals surface area contributed by atoms with Gasteiger partial charge in [0.25, 0.3) is 0 Å². The molecule has 3 N–H and O–H groups in total. The highest BCUT2D eigenvalue weighted by Gasteiger charge is 2.16. The number of aromatic nitrogens is 1. The molecule has 4 nitrogen and oxygen atoms in total. The van der Waals surface area contributed by atoms with Crippen molar-refractivity contribution in [3.05, 3.63) is 72.4 Å². The highest BCUT2D eigenvalue weighted by molar-refractivity contribution is 5.84. The normalized spacial score (nSPS) is 11.4. The molecule has 0 spiro atoms. The van der Waals surface area contributed by atoms with Crippen molar-refractivity contribution >= 4 is 16.9 Å². The average molecular weight is 296 g/mol. The summed E-state index contributed by atoms with van der Waals surface area (Å²) in [4.78, 5) is 14.4. The third kappa shape index (κ3) is 4.20.